The van der Waals surface area contributed by atoms with E-state index in [0.717, 1.165) is 42.8 Å². The molecule has 0 saturated carbocycles. The van der Waals surface area contributed by atoms with Crippen LogP contribution in [-0.4, -0.2) is 49.1 Å². The molecule has 2 heterocycles. The molecule has 3 rings (SSSR count). The molecule has 0 radical (unpaired) electrons. The van der Waals surface area contributed by atoms with E-state index in [1.165, 1.54) is 0 Å². The van der Waals surface area contributed by atoms with E-state index in [1.807, 2.05) is 29.2 Å². The standard InChI is InChI=1S/C15H17N3O2/c1-20-13-4-2-3-11-9-12(10-17-14(11)13)15(19)18-7-5-16-6-8-18/h2-4,9-10,16H,5-8H2,1H3. The van der Waals surface area contributed by atoms with Gasteiger partial charge in [-0.2, -0.15) is 0 Å². The third-order valence-electron chi connectivity index (χ3n) is 3.55. The number of piperazine rings is 1. The number of carbonyl (C=O) groups is 1. The lowest BCUT2D eigenvalue weighted by atomic mass is 10.1. The van der Waals surface area contributed by atoms with Crippen LogP contribution in [0.2, 0.25) is 0 Å². The number of para-hydroxylation sites is 1. The van der Waals surface area contributed by atoms with Crippen LogP contribution >= 0.6 is 0 Å². The number of nitrogens with one attached hydrogen (secondary N) is 1. The Kier molecular flexibility index (Phi) is 3.52. The zero-order chi connectivity index (χ0) is 13.9. The second-order valence-electron chi connectivity index (χ2n) is 4.80. The van der Waals surface area contributed by atoms with Crippen molar-refractivity contribution in [3.8, 4) is 5.75 Å². The van der Waals surface area contributed by atoms with Gasteiger partial charge in [0.25, 0.3) is 5.91 Å². The summed E-state index contributed by atoms with van der Waals surface area (Å²) in [4.78, 5) is 18.7. The number of fused-ring (bicyclic) bond motifs is 1. The molecule has 1 amide bonds. The van der Waals surface area contributed by atoms with Crippen LogP contribution in [0.1, 0.15) is 10.4 Å². The summed E-state index contributed by atoms with van der Waals surface area (Å²) in [6, 6.07) is 7.60. The SMILES string of the molecule is COc1cccc2cc(C(=O)N3CCNCC3)cnc12. The Balaban J connectivity index is 1.94. The number of hydrogen-bond acceptors (Lipinski definition) is 4. The first-order valence-corrected chi connectivity index (χ1v) is 6.72. The number of carbonyl (C=O) groups excluding carboxylic acids is 1. The van der Waals surface area contributed by atoms with Crippen molar-refractivity contribution in [1.29, 1.82) is 0 Å². The molecular weight excluding hydrogens is 254 g/mol. The van der Waals surface area contributed by atoms with E-state index < -0.39 is 0 Å². The first-order valence-electron chi connectivity index (χ1n) is 6.72. The molecule has 1 aromatic carbocycles. The summed E-state index contributed by atoms with van der Waals surface area (Å²) in [7, 11) is 1.62. The lowest BCUT2D eigenvalue weighted by molar-refractivity contribution is 0.0735. The molecular formula is C15H17N3O2. The molecule has 0 bridgehead atoms. The normalized spacial score (nSPS) is 15.3. The number of hydrogen-bond donors (Lipinski definition) is 1. The molecule has 5 heteroatoms. The van der Waals surface area contributed by atoms with Crippen molar-refractivity contribution in [2.24, 2.45) is 0 Å². The Morgan fingerprint density at radius 2 is 2.15 bits per heavy atom. The minimum atomic E-state index is 0.0451. The Bertz CT molecular complexity index is 636. The lowest BCUT2D eigenvalue weighted by Crippen LogP contribution is -2.46. The molecule has 0 spiro atoms. The molecule has 1 aliphatic rings. The summed E-state index contributed by atoms with van der Waals surface area (Å²) in [5.41, 5.74) is 1.42. The zero-order valence-corrected chi connectivity index (χ0v) is 11.4. The Hall–Kier alpha value is -2.14. The minimum Gasteiger partial charge on any atom is -0.494 e. The van der Waals surface area contributed by atoms with Crippen molar-refractivity contribution in [1.82, 2.24) is 15.2 Å². The maximum Gasteiger partial charge on any atom is 0.255 e. The van der Waals surface area contributed by atoms with Crippen LogP contribution in [0, 0.1) is 0 Å². The summed E-state index contributed by atoms with van der Waals surface area (Å²) < 4.78 is 5.28. The van der Waals surface area contributed by atoms with Crippen molar-refractivity contribution in [2.45, 2.75) is 0 Å². The molecule has 5 nitrogen and oxygen atoms in total. The smallest absolute Gasteiger partial charge is 0.255 e. The molecule has 1 aromatic heterocycles. The second-order valence-corrected chi connectivity index (χ2v) is 4.80. The average Bonchev–Trinajstić information content (AvgIpc) is 2.53. The summed E-state index contributed by atoms with van der Waals surface area (Å²) in [5, 5.41) is 4.16. The van der Waals surface area contributed by atoms with E-state index in [-0.39, 0.29) is 5.91 Å². The fourth-order valence-electron chi connectivity index (χ4n) is 2.46. The summed E-state index contributed by atoms with van der Waals surface area (Å²) in [5.74, 6) is 0.771. The largest absolute Gasteiger partial charge is 0.494 e. The van der Waals surface area contributed by atoms with Crippen LogP contribution in [-0.2, 0) is 0 Å². The van der Waals surface area contributed by atoms with Crippen molar-refractivity contribution in [2.75, 3.05) is 33.3 Å². The Morgan fingerprint density at radius 3 is 2.90 bits per heavy atom. The molecule has 0 atom stereocenters. The molecule has 20 heavy (non-hydrogen) atoms. The predicted octanol–water partition coefficient (Wildman–Crippen LogP) is 1.29. The molecule has 1 saturated heterocycles. The maximum absolute atomic E-state index is 12.4. The third kappa shape index (κ3) is 2.32. The lowest BCUT2D eigenvalue weighted by Gasteiger charge is -2.27. The van der Waals surface area contributed by atoms with Gasteiger partial charge in [-0.25, -0.2) is 0 Å². The van der Waals surface area contributed by atoms with Crippen LogP contribution < -0.4 is 10.1 Å². The predicted molar refractivity (Wildman–Crippen MR) is 77.1 cm³/mol. The molecule has 1 N–H and O–H groups in total. The van der Waals surface area contributed by atoms with Crippen molar-refractivity contribution >= 4 is 16.8 Å². The monoisotopic (exact) mass is 271 g/mol. The number of aromatic nitrogens is 1. The summed E-state index contributed by atoms with van der Waals surface area (Å²) >= 11 is 0. The van der Waals surface area contributed by atoms with Gasteiger partial charge in [0, 0.05) is 37.8 Å². The van der Waals surface area contributed by atoms with Crippen molar-refractivity contribution in [3.63, 3.8) is 0 Å². The van der Waals surface area contributed by atoms with Crippen LogP contribution in [0.5, 0.6) is 5.75 Å². The van der Waals surface area contributed by atoms with Crippen LogP contribution in [0.25, 0.3) is 10.9 Å². The van der Waals surface area contributed by atoms with Gasteiger partial charge in [0.1, 0.15) is 11.3 Å². The van der Waals surface area contributed by atoms with E-state index >= 15 is 0 Å². The van der Waals surface area contributed by atoms with Crippen LogP contribution in [0.4, 0.5) is 0 Å². The van der Waals surface area contributed by atoms with E-state index in [4.69, 9.17) is 4.74 Å². The molecule has 1 aliphatic heterocycles. The van der Waals surface area contributed by atoms with Gasteiger partial charge in [0.15, 0.2) is 0 Å². The number of ether oxygens (including phenoxy) is 1. The van der Waals surface area contributed by atoms with Gasteiger partial charge in [-0.15, -0.1) is 0 Å². The quantitative estimate of drug-likeness (QED) is 0.894. The van der Waals surface area contributed by atoms with E-state index in [9.17, 15) is 4.79 Å². The summed E-state index contributed by atoms with van der Waals surface area (Å²) in [6.07, 6.45) is 1.63. The molecule has 104 valence electrons. The molecule has 0 unspecified atom stereocenters. The average molecular weight is 271 g/mol. The maximum atomic E-state index is 12.4. The van der Waals surface area contributed by atoms with Gasteiger partial charge in [-0.05, 0) is 12.1 Å². The highest BCUT2D eigenvalue weighted by atomic mass is 16.5. The fourth-order valence-corrected chi connectivity index (χ4v) is 2.46. The molecule has 1 fully saturated rings. The van der Waals surface area contributed by atoms with Crippen molar-refractivity contribution in [3.05, 3.63) is 36.0 Å². The van der Waals surface area contributed by atoms with Crippen LogP contribution in [0.3, 0.4) is 0 Å². The Labute approximate surface area is 117 Å². The molecule has 0 aliphatic carbocycles. The van der Waals surface area contributed by atoms with E-state index in [0.29, 0.717) is 5.56 Å². The minimum absolute atomic E-state index is 0.0451. The summed E-state index contributed by atoms with van der Waals surface area (Å²) in [6.45, 7) is 3.19. The first kappa shape index (κ1) is 12.9. The number of rotatable bonds is 2. The second kappa shape index (κ2) is 5.46. The number of nitrogens with zero attached hydrogens (tertiary/aromatic N) is 2. The van der Waals surface area contributed by atoms with Gasteiger partial charge < -0.3 is 15.0 Å². The van der Waals surface area contributed by atoms with E-state index in [2.05, 4.69) is 10.3 Å². The Morgan fingerprint density at radius 1 is 1.35 bits per heavy atom. The van der Waals surface area contributed by atoms with Crippen LogP contribution in [0.15, 0.2) is 30.5 Å². The number of pyridine rings is 1. The van der Waals surface area contributed by atoms with Gasteiger partial charge in [0.05, 0.1) is 12.7 Å². The van der Waals surface area contributed by atoms with Gasteiger partial charge >= 0.3 is 0 Å². The number of methoxy groups -OCH3 is 1. The van der Waals surface area contributed by atoms with E-state index in [1.54, 1.807) is 13.3 Å². The topological polar surface area (TPSA) is 54.5 Å². The highest BCUT2D eigenvalue weighted by molar-refractivity contribution is 5.98. The van der Waals surface area contributed by atoms with Gasteiger partial charge in [-0.3, -0.25) is 9.78 Å². The van der Waals surface area contributed by atoms with Crippen molar-refractivity contribution < 1.29 is 9.53 Å². The van der Waals surface area contributed by atoms with Gasteiger partial charge in [-0.1, -0.05) is 12.1 Å². The molecule has 2 aromatic rings. The highest BCUT2D eigenvalue weighted by Crippen LogP contribution is 2.24. The first-order chi connectivity index (χ1) is 9.79. The number of amides is 1. The zero-order valence-electron chi connectivity index (χ0n) is 11.4. The van der Waals surface area contributed by atoms with Gasteiger partial charge in [0.2, 0.25) is 0 Å². The highest BCUT2D eigenvalue weighted by Gasteiger charge is 2.18. The third-order valence-corrected chi connectivity index (χ3v) is 3.55. The number of benzene rings is 1. The fraction of sp³-hybridized carbons (Fsp3) is 0.333.